The quantitative estimate of drug-likeness (QED) is 0.861. The van der Waals surface area contributed by atoms with Crippen LogP contribution in [0, 0.1) is 0 Å². The summed E-state index contributed by atoms with van der Waals surface area (Å²) < 4.78 is 0. The number of nitrogens with zero attached hydrogens (tertiary/aromatic N) is 3. The summed E-state index contributed by atoms with van der Waals surface area (Å²) in [4.78, 5) is 12.1. The lowest BCUT2D eigenvalue weighted by atomic mass is 10.4. The van der Waals surface area contributed by atoms with Gasteiger partial charge in [-0.2, -0.15) is 0 Å². The van der Waals surface area contributed by atoms with E-state index in [-0.39, 0.29) is 0 Å². The van der Waals surface area contributed by atoms with Crippen LogP contribution >= 0.6 is 11.6 Å². The van der Waals surface area contributed by atoms with E-state index in [1.165, 1.54) is 0 Å². The van der Waals surface area contributed by atoms with Gasteiger partial charge < -0.3 is 5.32 Å². The maximum atomic E-state index is 5.95. The summed E-state index contributed by atoms with van der Waals surface area (Å²) in [5.74, 6) is 0. The van der Waals surface area contributed by atoms with Crippen LogP contribution in [0.25, 0.3) is 0 Å². The Morgan fingerprint density at radius 2 is 2.00 bits per heavy atom. The average Bonchev–Trinajstić information content (AvgIpc) is 2.29. The lowest BCUT2D eigenvalue weighted by Gasteiger charge is -2.06. The van der Waals surface area contributed by atoms with Crippen molar-refractivity contribution in [1.82, 2.24) is 15.0 Å². The first kappa shape index (κ1) is 9.86. The maximum Gasteiger partial charge on any atom is 0.0777 e. The molecule has 5 heteroatoms. The van der Waals surface area contributed by atoms with E-state index in [9.17, 15) is 0 Å². The zero-order chi connectivity index (χ0) is 10.5. The van der Waals surface area contributed by atoms with Gasteiger partial charge in [-0.15, -0.1) is 0 Å². The predicted molar refractivity (Wildman–Crippen MR) is 58.6 cm³/mol. The minimum Gasteiger partial charge on any atom is -0.377 e. The Morgan fingerprint density at radius 3 is 2.73 bits per heavy atom. The highest BCUT2D eigenvalue weighted by Crippen LogP contribution is 2.19. The monoisotopic (exact) mass is 220 g/mol. The zero-order valence-electron chi connectivity index (χ0n) is 7.89. The standard InChI is InChI=1S/C10H9ClN4/c11-9-1-2-12-7-10(9)15-6-8-5-13-3-4-14-8/h1-5,7,15H,6H2. The van der Waals surface area contributed by atoms with Crippen LogP contribution in [0.5, 0.6) is 0 Å². The number of halogens is 1. The number of aromatic nitrogens is 3. The van der Waals surface area contributed by atoms with Gasteiger partial charge in [-0.1, -0.05) is 11.6 Å². The molecule has 0 unspecified atom stereocenters. The number of rotatable bonds is 3. The maximum absolute atomic E-state index is 5.95. The van der Waals surface area contributed by atoms with E-state index in [1.54, 1.807) is 37.1 Å². The summed E-state index contributed by atoms with van der Waals surface area (Å²) >= 11 is 5.95. The molecular formula is C10H9ClN4. The van der Waals surface area contributed by atoms with Crippen LogP contribution < -0.4 is 5.32 Å². The summed E-state index contributed by atoms with van der Waals surface area (Å²) in [7, 11) is 0. The minimum absolute atomic E-state index is 0.583. The molecule has 1 N–H and O–H groups in total. The lowest BCUT2D eigenvalue weighted by Crippen LogP contribution is -2.02. The third-order valence-electron chi connectivity index (χ3n) is 1.84. The van der Waals surface area contributed by atoms with Gasteiger partial charge in [0.05, 0.1) is 35.3 Å². The van der Waals surface area contributed by atoms with Gasteiger partial charge in [-0.3, -0.25) is 15.0 Å². The second-order valence-corrected chi connectivity index (χ2v) is 3.31. The molecule has 2 heterocycles. The number of anilines is 1. The summed E-state index contributed by atoms with van der Waals surface area (Å²) in [6.45, 7) is 0.583. The third kappa shape index (κ3) is 2.63. The van der Waals surface area contributed by atoms with Crippen molar-refractivity contribution in [3.8, 4) is 0 Å². The molecule has 2 aromatic rings. The van der Waals surface area contributed by atoms with Crippen LogP contribution in [-0.4, -0.2) is 15.0 Å². The first-order chi connectivity index (χ1) is 7.36. The molecule has 0 bridgehead atoms. The zero-order valence-corrected chi connectivity index (χ0v) is 8.65. The second-order valence-electron chi connectivity index (χ2n) is 2.91. The molecule has 0 aromatic carbocycles. The Morgan fingerprint density at radius 1 is 1.13 bits per heavy atom. The molecule has 0 amide bonds. The Balaban J connectivity index is 2.03. The average molecular weight is 221 g/mol. The van der Waals surface area contributed by atoms with Crippen molar-refractivity contribution in [2.45, 2.75) is 6.54 Å². The molecule has 2 aromatic heterocycles. The van der Waals surface area contributed by atoms with E-state index in [0.29, 0.717) is 11.6 Å². The molecule has 0 saturated carbocycles. The van der Waals surface area contributed by atoms with Gasteiger partial charge in [0.2, 0.25) is 0 Å². The molecule has 4 nitrogen and oxygen atoms in total. The smallest absolute Gasteiger partial charge is 0.0777 e. The Labute approximate surface area is 92.4 Å². The van der Waals surface area contributed by atoms with Gasteiger partial charge in [0.25, 0.3) is 0 Å². The van der Waals surface area contributed by atoms with Crippen molar-refractivity contribution < 1.29 is 0 Å². The van der Waals surface area contributed by atoms with Crippen LogP contribution in [0.3, 0.4) is 0 Å². The molecule has 76 valence electrons. The molecular weight excluding hydrogens is 212 g/mol. The highest BCUT2D eigenvalue weighted by Gasteiger charge is 1.99. The van der Waals surface area contributed by atoms with Crippen molar-refractivity contribution >= 4 is 17.3 Å². The predicted octanol–water partition coefficient (Wildman–Crippen LogP) is 2.14. The fourth-order valence-corrected chi connectivity index (χ4v) is 1.29. The van der Waals surface area contributed by atoms with Crippen molar-refractivity contribution in [2.75, 3.05) is 5.32 Å². The Bertz CT molecular complexity index is 432. The number of hydrogen-bond acceptors (Lipinski definition) is 4. The molecule has 0 aliphatic carbocycles. The summed E-state index contributed by atoms with van der Waals surface area (Å²) in [5.41, 5.74) is 1.65. The van der Waals surface area contributed by atoms with Crippen molar-refractivity contribution in [3.63, 3.8) is 0 Å². The SMILES string of the molecule is Clc1ccncc1NCc1cnccn1. The lowest BCUT2D eigenvalue weighted by molar-refractivity contribution is 1.01. The van der Waals surface area contributed by atoms with E-state index < -0.39 is 0 Å². The summed E-state index contributed by atoms with van der Waals surface area (Å²) in [5, 5.41) is 3.78. The van der Waals surface area contributed by atoms with E-state index in [2.05, 4.69) is 20.3 Å². The fraction of sp³-hybridized carbons (Fsp3) is 0.100. The molecule has 15 heavy (non-hydrogen) atoms. The van der Waals surface area contributed by atoms with E-state index in [1.807, 2.05) is 0 Å². The van der Waals surface area contributed by atoms with E-state index in [0.717, 1.165) is 11.4 Å². The topological polar surface area (TPSA) is 50.7 Å². The highest BCUT2D eigenvalue weighted by molar-refractivity contribution is 6.33. The van der Waals surface area contributed by atoms with Crippen LogP contribution in [-0.2, 0) is 6.54 Å². The van der Waals surface area contributed by atoms with Crippen molar-refractivity contribution in [3.05, 3.63) is 47.8 Å². The molecule has 2 rings (SSSR count). The first-order valence-corrected chi connectivity index (χ1v) is 4.82. The first-order valence-electron chi connectivity index (χ1n) is 4.44. The van der Waals surface area contributed by atoms with E-state index >= 15 is 0 Å². The molecule has 0 aliphatic heterocycles. The number of hydrogen-bond donors (Lipinski definition) is 1. The van der Waals surface area contributed by atoms with Crippen LogP contribution in [0.1, 0.15) is 5.69 Å². The Kier molecular flexibility index (Phi) is 3.09. The molecule has 0 atom stereocenters. The van der Waals surface area contributed by atoms with Crippen molar-refractivity contribution in [1.29, 1.82) is 0 Å². The van der Waals surface area contributed by atoms with Crippen LogP contribution in [0.15, 0.2) is 37.1 Å². The summed E-state index contributed by atoms with van der Waals surface area (Å²) in [6.07, 6.45) is 8.33. The van der Waals surface area contributed by atoms with Crippen LogP contribution in [0.4, 0.5) is 5.69 Å². The van der Waals surface area contributed by atoms with Crippen molar-refractivity contribution in [2.24, 2.45) is 0 Å². The van der Waals surface area contributed by atoms with Gasteiger partial charge in [-0.05, 0) is 6.07 Å². The third-order valence-corrected chi connectivity index (χ3v) is 2.17. The molecule has 0 spiro atoms. The molecule has 0 fully saturated rings. The molecule has 0 aliphatic rings. The molecule has 0 radical (unpaired) electrons. The van der Waals surface area contributed by atoms with Gasteiger partial charge in [0.1, 0.15) is 0 Å². The summed E-state index contributed by atoms with van der Waals surface area (Å²) in [6, 6.07) is 1.74. The van der Waals surface area contributed by atoms with E-state index in [4.69, 9.17) is 11.6 Å². The fourth-order valence-electron chi connectivity index (χ4n) is 1.11. The number of pyridine rings is 1. The largest absolute Gasteiger partial charge is 0.377 e. The van der Waals surface area contributed by atoms with Gasteiger partial charge >= 0.3 is 0 Å². The second kappa shape index (κ2) is 4.70. The van der Waals surface area contributed by atoms with Gasteiger partial charge in [0, 0.05) is 18.6 Å². The number of nitrogens with one attached hydrogen (secondary N) is 1. The minimum atomic E-state index is 0.583. The molecule has 0 saturated heterocycles. The normalized spacial score (nSPS) is 9.93. The highest BCUT2D eigenvalue weighted by atomic mass is 35.5. The Hall–Kier alpha value is -1.68. The van der Waals surface area contributed by atoms with Gasteiger partial charge in [-0.25, -0.2) is 0 Å². The van der Waals surface area contributed by atoms with Gasteiger partial charge in [0.15, 0.2) is 0 Å². The van der Waals surface area contributed by atoms with Crippen LogP contribution in [0.2, 0.25) is 5.02 Å².